The van der Waals surface area contributed by atoms with Gasteiger partial charge in [0.2, 0.25) is 0 Å². The number of rotatable bonds is 4. The quantitative estimate of drug-likeness (QED) is 0.807. The molecule has 0 N–H and O–H groups in total. The molecule has 0 amide bonds. The van der Waals surface area contributed by atoms with Crippen molar-refractivity contribution in [1.82, 2.24) is 9.88 Å². The number of nitrogens with zero attached hydrogens (tertiary/aromatic N) is 2. The van der Waals surface area contributed by atoms with Gasteiger partial charge in [0.05, 0.1) is 0 Å². The molecule has 0 saturated heterocycles. The number of benzene rings is 1. The Balaban J connectivity index is 0.00000144. The molecule has 3 heteroatoms. The van der Waals surface area contributed by atoms with Gasteiger partial charge >= 0.3 is 0 Å². The summed E-state index contributed by atoms with van der Waals surface area (Å²) in [7, 11) is 3.98. The Morgan fingerprint density at radius 2 is 2.00 bits per heavy atom. The van der Waals surface area contributed by atoms with E-state index in [4.69, 9.17) is 0 Å². The van der Waals surface area contributed by atoms with Gasteiger partial charge in [0.25, 0.3) is 0 Å². The van der Waals surface area contributed by atoms with E-state index in [0.29, 0.717) is 0 Å². The molecule has 0 aliphatic rings. The molecule has 1 aromatic heterocycles. The van der Waals surface area contributed by atoms with Crippen molar-refractivity contribution in [1.29, 1.82) is 0 Å². The molecule has 17 heavy (non-hydrogen) atoms. The fourth-order valence-corrected chi connectivity index (χ4v) is 1.79. The number of aromatic nitrogens is 1. The van der Waals surface area contributed by atoms with Crippen molar-refractivity contribution in [2.24, 2.45) is 0 Å². The van der Waals surface area contributed by atoms with Crippen LogP contribution in [0.3, 0.4) is 0 Å². The molecule has 0 bridgehead atoms. The van der Waals surface area contributed by atoms with Crippen LogP contribution in [0, 0.1) is 14.0 Å². The van der Waals surface area contributed by atoms with Crippen molar-refractivity contribution in [2.75, 3.05) is 6.54 Å². The van der Waals surface area contributed by atoms with E-state index in [2.05, 4.69) is 37.2 Å². The van der Waals surface area contributed by atoms with E-state index >= 15 is 0 Å². The van der Waals surface area contributed by atoms with Gasteiger partial charge in [-0.3, -0.25) is 12.0 Å². The maximum absolute atomic E-state index is 4.10. The van der Waals surface area contributed by atoms with Gasteiger partial charge in [-0.1, -0.05) is 18.7 Å². The summed E-state index contributed by atoms with van der Waals surface area (Å²) in [6.07, 6.45) is 4.60. The molecule has 0 aliphatic carbocycles. The minimum Gasteiger partial charge on any atom is -0.458 e. The van der Waals surface area contributed by atoms with Crippen molar-refractivity contribution in [3.8, 4) is 0 Å². The van der Waals surface area contributed by atoms with Crippen LogP contribution in [0.15, 0.2) is 36.7 Å². The van der Waals surface area contributed by atoms with Gasteiger partial charge in [-0.05, 0) is 29.6 Å². The van der Waals surface area contributed by atoms with Crippen LogP contribution in [0.2, 0.25) is 0 Å². The second-order valence-electron chi connectivity index (χ2n) is 3.96. The van der Waals surface area contributed by atoms with Crippen molar-refractivity contribution in [2.45, 2.75) is 13.0 Å². The van der Waals surface area contributed by atoms with E-state index in [-0.39, 0.29) is 32.7 Å². The second-order valence-corrected chi connectivity index (χ2v) is 3.96. The first-order chi connectivity index (χ1) is 7.79. The second kappa shape index (κ2) is 7.20. The molecule has 0 fully saturated rings. The first-order valence-corrected chi connectivity index (χ1v) is 5.47. The Morgan fingerprint density at radius 1 is 1.18 bits per heavy atom. The molecule has 87 valence electrons. The normalized spacial score (nSPS) is 10.5. The summed E-state index contributed by atoms with van der Waals surface area (Å²) < 4.78 is 0. The van der Waals surface area contributed by atoms with Crippen LogP contribution in [0.5, 0.6) is 0 Å². The Bertz CT molecular complexity index is 470. The van der Waals surface area contributed by atoms with Crippen molar-refractivity contribution in [3.05, 3.63) is 56.2 Å². The van der Waals surface area contributed by atoms with Gasteiger partial charge in [0, 0.05) is 50.5 Å². The fraction of sp³-hybridized carbons (Fsp3) is 0.214. The number of hydrogen-bond acceptors (Lipinski definition) is 2. The minimum absolute atomic E-state index is 0. The monoisotopic (exact) mass is 301 g/mol. The molecule has 1 heterocycles. The Labute approximate surface area is 128 Å². The molecule has 0 saturated carbocycles. The van der Waals surface area contributed by atoms with Crippen molar-refractivity contribution in [3.63, 3.8) is 0 Å². The largest absolute Gasteiger partial charge is 0.458 e. The predicted octanol–water partition coefficient (Wildman–Crippen LogP) is 3.05. The Kier molecular flexibility index (Phi) is 6.25. The Hall–Kier alpha value is -0.306. The molecule has 2 rings (SSSR count). The van der Waals surface area contributed by atoms with E-state index in [1.165, 1.54) is 16.3 Å². The van der Waals surface area contributed by atoms with Gasteiger partial charge in [0.15, 0.2) is 0 Å². The van der Waals surface area contributed by atoms with Gasteiger partial charge in [-0.2, -0.15) is 6.42 Å². The molecular weight excluding hydrogens is 285 g/mol. The van der Waals surface area contributed by atoms with Crippen LogP contribution in [-0.2, 0) is 39.3 Å². The van der Waals surface area contributed by atoms with Crippen LogP contribution < -0.4 is 0 Å². The molecule has 0 unspecified atom stereocenters. The zero-order valence-electron chi connectivity index (χ0n) is 9.97. The van der Waals surface area contributed by atoms with Crippen molar-refractivity contribution < 1.29 is 32.7 Å². The maximum atomic E-state index is 4.10. The molecular formula is C14H16N2Y-2. The van der Waals surface area contributed by atoms with Crippen LogP contribution in [0.1, 0.15) is 12.0 Å². The summed E-state index contributed by atoms with van der Waals surface area (Å²) >= 11 is 0. The third-order valence-electron chi connectivity index (χ3n) is 2.59. The summed E-state index contributed by atoms with van der Waals surface area (Å²) in [6.45, 7) is 5.62. The SMILES string of the molecule is [CH2-]CCN([CH2-])Cc1ccc2cnccc2c1.[Y]. The molecule has 0 spiro atoms. The van der Waals surface area contributed by atoms with Gasteiger partial charge in [-0.25, -0.2) is 0 Å². The van der Waals surface area contributed by atoms with E-state index < -0.39 is 0 Å². The van der Waals surface area contributed by atoms with E-state index in [1.54, 1.807) is 0 Å². The number of hydrogen-bond donors (Lipinski definition) is 0. The smallest absolute Gasteiger partial charge is 0.0346 e. The molecule has 0 atom stereocenters. The summed E-state index contributed by atoms with van der Waals surface area (Å²) in [5.41, 5.74) is 1.28. The summed E-state index contributed by atoms with van der Waals surface area (Å²) in [6, 6.07) is 8.47. The average Bonchev–Trinajstić information content (AvgIpc) is 2.29. The van der Waals surface area contributed by atoms with Crippen molar-refractivity contribution >= 4 is 10.8 Å². The third kappa shape index (κ3) is 4.13. The molecule has 1 aromatic carbocycles. The van der Waals surface area contributed by atoms with Gasteiger partial charge in [-0.15, -0.1) is 0 Å². The average molecular weight is 301 g/mol. The first-order valence-electron chi connectivity index (χ1n) is 5.47. The summed E-state index contributed by atoms with van der Waals surface area (Å²) in [4.78, 5) is 6.14. The zero-order chi connectivity index (χ0) is 11.4. The maximum Gasteiger partial charge on any atom is 0.0346 e. The van der Waals surface area contributed by atoms with Crippen LogP contribution in [0.4, 0.5) is 0 Å². The summed E-state index contributed by atoms with van der Waals surface area (Å²) in [5, 5.41) is 2.41. The van der Waals surface area contributed by atoms with Gasteiger partial charge in [0.1, 0.15) is 0 Å². The predicted molar refractivity (Wildman–Crippen MR) is 67.5 cm³/mol. The van der Waals surface area contributed by atoms with Gasteiger partial charge < -0.3 is 11.8 Å². The van der Waals surface area contributed by atoms with Crippen LogP contribution in [0.25, 0.3) is 10.8 Å². The van der Waals surface area contributed by atoms with Crippen LogP contribution >= 0.6 is 0 Å². The first kappa shape index (κ1) is 14.8. The van der Waals surface area contributed by atoms with E-state index in [1.807, 2.05) is 23.4 Å². The molecule has 2 nitrogen and oxygen atoms in total. The Morgan fingerprint density at radius 3 is 2.76 bits per heavy atom. The number of fused-ring (bicyclic) bond motifs is 1. The summed E-state index contributed by atoms with van der Waals surface area (Å²) in [5.74, 6) is 0. The third-order valence-corrected chi connectivity index (χ3v) is 2.59. The topological polar surface area (TPSA) is 16.1 Å². The standard InChI is InChI=1S/C14H16N2.Y/c1-3-8-16(2)11-12-4-5-14-10-15-7-6-13(14)9-12;/h4-7,9-10H,1-3,8,11H2;/q-2;. The number of pyridine rings is 1. The minimum atomic E-state index is 0. The zero-order valence-corrected chi connectivity index (χ0v) is 12.8. The van der Waals surface area contributed by atoms with Crippen LogP contribution in [-0.4, -0.2) is 16.4 Å². The fourth-order valence-electron chi connectivity index (χ4n) is 1.79. The van der Waals surface area contributed by atoms with E-state index in [0.717, 1.165) is 19.5 Å². The molecule has 1 radical (unpaired) electrons. The molecule has 0 aliphatic heterocycles. The van der Waals surface area contributed by atoms with E-state index in [9.17, 15) is 0 Å². The molecule has 2 aromatic rings.